The van der Waals surface area contributed by atoms with Crippen LogP contribution in [0, 0.1) is 0 Å². The van der Waals surface area contributed by atoms with E-state index in [0.29, 0.717) is 18.9 Å². The van der Waals surface area contributed by atoms with Gasteiger partial charge in [-0.05, 0) is 28.7 Å². The summed E-state index contributed by atoms with van der Waals surface area (Å²) in [6.45, 7) is 9.15. The first-order valence-corrected chi connectivity index (χ1v) is 8.73. The Balaban J connectivity index is 1.96. The molecule has 3 aromatic rings. The number of hydrogen-bond acceptors (Lipinski definition) is 2. The first kappa shape index (κ1) is 17.2. The van der Waals surface area contributed by atoms with Gasteiger partial charge in [0.05, 0.1) is 17.6 Å². The first-order chi connectivity index (χ1) is 11.9. The van der Waals surface area contributed by atoms with E-state index in [-0.39, 0.29) is 11.3 Å². The lowest BCUT2D eigenvalue weighted by atomic mass is 9.87. The summed E-state index contributed by atoms with van der Waals surface area (Å²) in [4.78, 5) is 16.4. The molecule has 3 rings (SSSR count). The number of nitrogens with zero attached hydrogens (tertiary/aromatic N) is 2. The van der Waals surface area contributed by atoms with Gasteiger partial charge in [-0.15, -0.1) is 0 Å². The quantitative estimate of drug-likeness (QED) is 0.749. The zero-order chi connectivity index (χ0) is 18.0. The summed E-state index contributed by atoms with van der Waals surface area (Å²) >= 11 is 0. The Morgan fingerprint density at radius 1 is 1.08 bits per heavy atom. The Morgan fingerprint density at radius 3 is 2.40 bits per heavy atom. The van der Waals surface area contributed by atoms with E-state index < -0.39 is 0 Å². The van der Waals surface area contributed by atoms with Crippen LogP contribution in [0.4, 0.5) is 5.95 Å². The molecule has 130 valence electrons. The average molecular weight is 335 g/mol. The van der Waals surface area contributed by atoms with E-state index in [1.807, 2.05) is 31.2 Å². The van der Waals surface area contributed by atoms with Crippen LogP contribution in [0.2, 0.25) is 0 Å². The molecule has 0 spiro atoms. The molecule has 1 amide bonds. The SMILES string of the molecule is CCC(=O)Nc1nc2ccccc2n1Cc1ccc(C(C)(C)C)cc1. The maximum Gasteiger partial charge on any atom is 0.226 e. The van der Waals surface area contributed by atoms with Crippen LogP contribution in [0.1, 0.15) is 45.2 Å². The summed E-state index contributed by atoms with van der Waals surface area (Å²) in [5.74, 6) is 0.576. The molecule has 0 aliphatic rings. The summed E-state index contributed by atoms with van der Waals surface area (Å²) in [7, 11) is 0. The molecule has 0 atom stereocenters. The third kappa shape index (κ3) is 3.73. The van der Waals surface area contributed by atoms with Gasteiger partial charge < -0.3 is 4.57 Å². The van der Waals surface area contributed by atoms with Crippen LogP contribution in [-0.2, 0) is 16.8 Å². The third-order valence-electron chi connectivity index (χ3n) is 4.39. The second kappa shape index (κ2) is 6.71. The van der Waals surface area contributed by atoms with Gasteiger partial charge in [-0.25, -0.2) is 4.98 Å². The van der Waals surface area contributed by atoms with Crippen molar-refractivity contribution in [1.29, 1.82) is 0 Å². The van der Waals surface area contributed by atoms with Gasteiger partial charge in [0.15, 0.2) is 0 Å². The number of amides is 1. The van der Waals surface area contributed by atoms with E-state index in [1.54, 1.807) is 0 Å². The van der Waals surface area contributed by atoms with Crippen molar-refractivity contribution in [3.05, 3.63) is 59.7 Å². The van der Waals surface area contributed by atoms with Crippen molar-refractivity contribution in [3.8, 4) is 0 Å². The summed E-state index contributed by atoms with van der Waals surface area (Å²) in [6, 6.07) is 16.6. The minimum absolute atomic E-state index is 0.0281. The lowest BCUT2D eigenvalue weighted by Gasteiger charge is -2.19. The fraction of sp³-hybridized carbons (Fsp3) is 0.333. The molecule has 0 saturated heterocycles. The van der Waals surface area contributed by atoms with Crippen molar-refractivity contribution >= 4 is 22.9 Å². The van der Waals surface area contributed by atoms with Gasteiger partial charge in [0.25, 0.3) is 0 Å². The van der Waals surface area contributed by atoms with Gasteiger partial charge in [0.2, 0.25) is 11.9 Å². The highest BCUT2D eigenvalue weighted by Gasteiger charge is 2.15. The fourth-order valence-corrected chi connectivity index (χ4v) is 2.84. The zero-order valence-corrected chi connectivity index (χ0v) is 15.3. The highest BCUT2D eigenvalue weighted by molar-refractivity contribution is 5.91. The summed E-state index contributed by atoms with van der Waals surface area (Å²) < 4.78 is 2.06. The Morgan fingerprint density at radius 2 is 1.76 bits per heavy atom. The lowest BCUT2D eigenvalue weighted by molar-refractivity contribution is -0.115. The average Bonchev–Trinajstić information content (AvgIpc) is 2.92. The number of rotatable bonds is 4. The van der Waals surface area contributed by atoms with Crippen molar-refractivity contribution in [2.75, 3.05) is 5.32 Å². The summed E-state index contributed by atoms with van der Waals surface area (Å²) in [5.41, 5.74) is 4.55. The predicted octanol–water partition coefficient (Wildman–Crippen LogP) is 4.73. The van der Waals surface area contributed by atoms with E-state index >= 15 is 0 Å². The van der Waals surface area contributed by atoms with Crippen LogP contribution in [-0.4, -0.2) is 15.5 Å². The maximum atomic E-state index is 11.9. The van der Waals surface area contributed by atoms with Crippen molar-refractivity contribution < 1.29 is 4.79 Å². The topological polar surface area (TPSA) is 46.9 Å². The number of imidazole rings is 1. The molecule has 0 saturated carbocycles. The summed E-state index contributed by atoms with van der Waals surface area (Å²) in [5, 5.41) is 2.92. The molecule has 2 aromatic carbocycles. The summed E-state index contributed by atoms with van der Waals surface area (Å²) in [6.07, 6.45) is 0.434. The van der Waals surface area contributed by atoms with Crippen LogP contribution in [0.25, 0.3) is 11.0 Å². The molecule has 0 radical (unpaired) electrons. The van der Waals surface area contributed by atoms with Gasteiger partial charge >= 0.3 is 0 Å². The van der Waals surface area contributed by atoms with E-state index in [4.69, 9.17) is 0 Å². The standard InChI is InChI=1S/C21H25N3O/c1-5-19(25)23-20-22-17-8-6-7-9-18(17)24(20)14-15-10-12-16(13-11-15)21(2,3)4/h6-13H,5,14H2,1-4H3,(H,22,23,25). The zero-order valence-electron chi connectivity index (χ0n) is 15.3. The second-order valence-electron chi connectivity index (χ2n) is 7.36. The normalized spacial score (nSPS) is 11.7. The van der Waals surface area contributed by atoms with E-state index in [2.05, 4.69) is 59.9 Å². The molecule has 0 aliphatic carbocycles. The van der Waals surface area contributed by atoms with Crippen LogP contribution in [0.3, 0.4) is 0 Å². The number of benzene rings is 2. The molecule has 0 aliphatic heterocycles. The molecule has 1 aromatic heterocycles. The van der Waals surface area contributed by atoms with Gasteiger partial charge in [-0.3, -0.25) is 10.1 Å². The molecule has 25 heavy (non-hydrogen) atoms. The van der Waals surface area contributed by atoms with Gasteiger partial charge in [-0.2, -0.15) is 0 Å². The lowest BCUT2D eigenvalue weighted by Crippen LogP contribution is -2.15. The Labute approximate surface area is 148 Å². The molecule has 1 heterocycles. The van der Waals surface area contributed by atoms with Gasteiger partial charge in [0, 0.05) is 6.42 Å². The first-order valence-electron chi connectivity index (χ1n) is 8.73. The number of hydrogen-bond donors (Lipinski definition) is 1. The molecule has 4 nitrogen and oxygen atoms in total. The van der Waals surface area contributed by atoms with E-state index in [1.165, 1.54) is 11.1 Å². The monoisotopic (exact) mass is 335 g/mol. The highest BCUT2D eigenvalue weighted by Crippen LogP contribution is 2.24. The Kier molecular flexibility index (Phi) is 4.62. The number of anilines is 1. The Bertz CT molecular complexity index is 886. The smallest absolute Gasteiger partial charge is 0.226 e. The number of fused-ring (bicyclic) bond motifs is 1. The molecule has 0 fully saturated rings. The number of para-hydroxylation sites is 2. The molecule has 1 N–H and O–H groups in total. The molecule has 4 heteroatoms. The number of aromatic nitrogens is 2. The number of carbonyl (C=O) groups is 1. The predicted molar refractivity (Wildman–Crippen MR) is 103 cm³/mol. The van der Waals surface area contributed by atoms with Crippen LogP contribution < -0.4 is 5.32 Å². The molecule has 0 bridgehead atoms. The number of nitrogens with one attached hydrogen (secondary N) is 1. The van der Waals surface area contributed by atoms with Crippen molar-refractivity contribution in [3.63, 3.8) is 0 Å². The molecule has 0 unspecified atom stereocenters. The largest absolute Gasteiger partial charge is 0.305 e. The van der Waals surface area contributed by atoms with Gasteiger partial charge in [-0.1, -0.05) is 64.1 Å². The second-order valence-corrected chi connectivity index (χ2v) is 7.36. The van der Waals surface area contributed by atoms with Crippen LogP contribution in [0.15, 0.2) is 48.5 Å². The third-order valence-corrected chi connectivity index (χ3v) is 4.39. The number of carbonyl (C=O) groups excluding carboxylic acids is 1. The highest BCUT2D eigenvalue weighted by atomic mass is 16.1. The van der Waals surface area contributed by atoms with Crippen molar-refractivity contribution in [1.82, 2.24) is 9.55 Å². The Hall–Kier alpha value is -2.62. The molecular formula is C21H25N3O. The maximum absolute atomic E-state index is 11.9. The van der Waals surface area contributed by atoms with E-state index in [0.717, 1.165) is 11.0 Å². The van der Waals surface area contributed by atoms with E-state index in [9.17, 15) is 4.79 Å². The molecular weight excluding hydrogens is 310 g/mol. The van der Waals surface area contributed by atoms with Crippen LogP contribution >= 0.6 is 0 Å². The van der Waals surface area contributed by atoms with Crippen molar-refractivity contribution in [2.24, 2.45) is 0 Å². The minimum Gasteiger partial charge on any atom is -0.305 e. The van der Waals surface area contributed by atoms with Crippen LogP contribution in [0.5, 0.6) is 0 Å². The van der Waals surface area contributed by atoms with Crippen molar-refractivity contribution in [2.45, 2.75) is 46.1 Å². The minimum atomic E-state index is -0.0281. The van der Waals surface area contributed by atoms with Gasteiger partial charge in [0.1, 0.15) is 0 Å². The fourth-order valence-electron chi connectivity index (χ4n) is 2.84.